The van der Waals surface area contributed by atoms with Crippen LogP contribution in [-0.2, 0) is 6.54 Å². The van der Waals surface area contributed by atoms with Crippen LogP contribution in [0.15, 0.2) is 77.9 Å². The highest BCUT2D eigenvalue weighted by Gasteiger charge is 2.25. The van der Waals surface area contributed by atoms with E-state index < -0.39 is 0 Å². The minimum absolute atomic E-state index is 0.0855. The Kier molecular flexibility index (Phi) is 7.31. The molecule has 0 radical (unpaired) electrons. The Labute approximate surface area is 209 Å². The molecule has 0 spiro atoms. The maximum Gasteiger partial charge on any atom is 0.224 e. The summed E-state index contributed by atoms with van der Waals surface area (Å²) in [6, 6.07) is 19.4. The number of nitrogens with zero attached hydrogens (tertiary/aromatic N) is 2. The monoisotopic (exact) mass is 488 g/mol. The molecule has 6 nitrogen and oxygen atoms in total. The van der Waals surface area contributed by atoms with Gasteiger partial charge >= 0.3 is 0 Å². The molecule has 35 heavy (non-hydrogen) atoms. The van der Waals surface area contributed by atoms with Gasteiger partial charge in [0.15, 0.2) is 5.75 Å². The number of hydrogen-bond donors (Lipinski definition) is 2. The molecule has 0 aliphatic heterocycles. The number of aromatic nitrogens is 2. The van der Waals surface area contributed by atoms with Gasteiger partial charge in [-0.05, 0) is 68.6 Å². The number of nitrogens with one attached hydrogen (secondary N) is 2. The van der Waals surface area contributed by atoms with Gasteiger partial charge in [0, 0.05) is 53.2 Å². The van der Waals surface area contributed by atoms with E-state index in [-0.39, 0.29) is 5.43 Å². The van der Waals surface area contributed by atoms with Crippen LogP contribution in [0.4, 0.5) is 5.69 Å². The van der Waals surface area contributed by atoms with Gasteiger partial charge in [-0.1, -0.05) is 29.8 Å². The van der Waals surface area contributed by atoms with Gasteiger partial charge in [0.25, 0.3) is 0 Å². The average molecular weight is 489 g/mol. The minimum atomic E-state index is -0.0855. The highest BCUT2D eigenvalue weighted by molar-refractivity contribution is 6.31. The number of ether oxygens (including phenoxy) is 1. The molecule has 5 rings (SSSR count). The molecule has 0 unspecified atom stereocenters. The van der Waals surface area contributed by atoms with Gasteiger partial charge in [-0.2, -0.15) is 0 Å². The molecule has 0 amide bonds. The van der Waals surface area contributed by atoms with Crippen LogP contribution in [0.3, 0.4) is 0 Å². The van der Waals surface area contributed by atoms with E-state index in [2.05, 4.69) is 20.2 Å². The molecule has 7 heteroatoms. The summed E-state index contributed by atoms with van der Waals surface area (Å²) in [5, 5.41) is 8.78. The zero-order valence-electron chi connectivity index (χ0n) is 19.5. The Balaban J connectivity index is 1.11. The zero-order valence-corrected chi connectivity index (χ0v) is 20.3. The van der Waals surface area contributed by atoms with Crippen LogP contribution in [0.25, 0.3) is 10.9 Å². The molecule has 2 aromatic carbocycles. The smallest absolute Gasteiger partial charge is 0.224 e. The molecule has 180 valence electrons. The van der Waals surface area contributed by atoms with E-state index in [1.807, 2.05) is 60.8 Å². The molecule has 2 N–H and O–H groups in total. The number of anilines is 1. The first-order valence-corrected chi connectivity index (χ1v) is 12.5. The number of benzene rings is 2. The fourth-order valence-electron chi connectivity index (χ4n) is 4.19. The third-order valence-electron chi connectivity index (χ3n) is 6.15. The second-order valence-corrected chi connectivity index (χ2v) is 9.31. The summed E-state index contributed by atoms with van der Waals surface area (Å²) in [5.74, 6) is 1.05. The third kappa shape index (κ3) is 6.02. The van der Waals surface area contributed by atoms with Gasteiger partial charge in [0.05, 0.1) is 11.7 Å². The van der Waals surface area contributed by atoms with Crippen molar-refractivity contribution in [1.29, 1.82) is 0 Å². The van der Waals surface area contributed by atoms with Crippen LogP contribution in [0.5, 0.6) is 11.5 Å². The van der Waals surface area contributed by atoms with Crippen LogP contribution in [-0.4, -0.2) is 22.6 Å². The SMILES string of the molecule is O=c1cc(CNCCCCNc2ccnc3cc(Cl)ccc23)n(C2CC2)cc1Oc1ccccc1. The fourth-order valence-corrected chi connectivity index (χ4v) is 4.35. The first-order valence-electron chi connectivity index (χ1n) is 12.1. The standard InChI is InChI=1S/C28H29ClN4O2/c29-20-8-11-24-25(12-15-32-26(24)16-20)31-14-5-4-13-30-18-22-17-27(34)28(19-33(22)21-9-10-21)35-23-6-2-1-3-7-23/h1-3,6-8,11-12,15-17,19,21,30H,4-5,9-10,13-14,18H2,(H,31,32). The van der Waals surface area contributed by atoms with E-state index in [1.165, 1.54) is 0 Å². The molecule has 1 fully saturated rings. The number of rotatable bonds is 11. The van der Waals surface area contributed by atoms with Crippen molar-refractivity contribution in [1.82, 2.24) is 14.9 Å². The third-order valence-corrected chi connectivity index (χ3v) is 6.38. The van der Waals surface area contributed by atoms with E-state index in [9.17, 15) is 4.79 Å². The van der Waals surface area contributed by atoms with E-state index in [4.69, 9.17) is 16.3 Å². The van der Waals surface area contributed by atoms with Crippen LogP contribution < -0.4 is 20.8 Å². The molecule has 1 aliphatic rings. The first kappa shape index (κ1) is 23.4. The van der Waals surface area contributed by atoms with Crippen molar-refractivity contribution in [3.63, 3.8) is 0 Å². The summed E-state index contributed by atoms with van der Waals surface area (Å²) < 4.78 is 8.05. The summed E-state index contributed by atoms with van der Waals surface area (Å²) in [6.45, 7) is 2.43. The number of unbranched alkanes of at least 4 members (excludes halogenated alkanes) is 1. The van der Waals surface area contributed by atoms with Crippen LogP contribution in [0.1, 0.15) is 37.4 Å². The maximum atomic E-state index is 12.7. The Morgan fingerprint density at radius 3 is 2.69 bits per heavy atom. The predicted molar refractivity (Wildman–Crippen MR) is 142 cm³/mol. The molecule has 4 aromatic rings. The molecule has 0 saturated heterocycles. The van der Waals surface area contributed by atoms with Gasteiger partial charge in [0.2, 0.25) is 5.43 Å². The Morgan fingerprint density at radius 1 is 1.03 bits per heavy atom. The lowest BCUT2D eigenvalue weighted by Crippen LogP contribution is -2.21. The molecule has 1 saturated carbocycles. The Morgan fingerprint density at radius 2 is 1.86 bits per heavy atom. The van der Waals surface area contributed by atoms with Crippen molar-refractivity contribution in [2.75, 3.05) is 18.4 Å². The van der Waals surface area contributed by atoms with E-state index in [1.54, 1.807) is 12.3 Å². The topological polar surface area (TPSA) is 68.2 Å². The molecule has 2 heterocycles. The number of para-hydroxylation sites is 1. The quantitative estimate of drug-likeness (QED) is 0.247. The number of pyridine rings is 2. The van der Waals surface area contributed by atoms with Gasteiger partial charge in [-0.25, -0.2) is 0 Å². The molecular weight excluding hydrogens is 460 g/mol. The van der Waals surface area contributed by atoms with Crippen molar-refractivity contribution in [2.45, 2.75) is 38.3 Å². The first-order chi connectivity index (χ1) is 17.2. The number of fused-ring (bicyclic) bond motifs is 1. The van der Waals surface area contributed by atoms with Crippen molar-refractivity contribution in [3.8, 4) is 11.5 Å². The van der Waals surface area contributed by atoms with E-state index >= 15 is 0 Å². The summed E-state index contributed by atoms with van der Waals surface area (Å²) in [7, 11) is 0. The van der Waals surface area contributed by atoms with Gasteiger partial charge in [-0.3, -0.25) is 9.78 Å². The van der Waals surface area contributed by atoms with Crippen molar-refractivity contribution in [3.05, 3.63) is 94.0 Å². The van der Waals surface area contributed by atoms with Crippen molar-refractivity contribution in [2.24, 2.45) is 0 Å². The van der Waals surface area contributed by atoms with Crippen LogP contribution >= 0.6 is 11.6 Å². The lowest BCUT2D eigenvalue weighted by Gasteiger charge is -2.16. The largest absolute Gasteiger partial charge is 0.452 e. The molecule has 0 bridgehead atoms. The van der Waals surface area contributed by atoms with Gasteiger partial charge in [-0.15, -0.1) is 0 Å². The van der Waals surface area contributed by atoms with Crippen molar-refractivity contribution < 1.29 is 4.74 Å². The highest BCUT2D eigenvalue weighted by Crippen LogP contribution is 2.36. The predicted octanol–water partition coefficient (Wildman–Crippen LogP) is 6.16. The van der Waals surface area contributed by atoms with Gasteiger partial charge in [0.1, 0.15) is 5.75 Å². The molecule has 2 aromatic heterocycles. The fraction of sp³-hybridized carbons (Fsp3) is 0.286. The molecule has 1 aliphatic carbocycles. The lowest BCUT2D eigenvalue weighted by atomic mass is 10.2. The summed E-state index contributed by atoms with van der Waals surface area (Å²) in [5.41, 5.74) is 2.90. The highest BCUT2D eigenvalue weighted by atomic mass is 35.5. The Hall–Kier alpha value is -3.35. The normalized spacial score (nSPS) is 13.2. The zero-order chi connectivity index (χ0) is 24.0. The summed E-state index contributed by atoms with van der Waals surface area (Å²) in [4.78, 5) is 17.1. The Bertz CT molecular complexity index is 1350. The lowest BCUT2D eigenvalue weighted by molar-refractivity contribution is 0.465. The van der Waals surface area contributed by atoms with E-state index in [0.717, 1.165) is 61.1 Å². The second-order valence-electron chi connectivity index (χ2n) is 8.88. The number of halogens is 1. The average Bonchev–Trinajstić information content (AvgIpc) is 3.71. The summed E-state index contributed by atoms with van der Waals surface area (Å²) >= 11 is 6.08. The number of hydrogen-bond acceptors (Lipinski definition) is 5. The summed E-state index contributed by atoms with van der Waals surface area (Å²) in [6.07, 6.45) is 8.02. The maximum absolute atomic E-state index is 12.7. The minimum Gasteiger partial charge on any atom is -0.452 e. The van der Waals surface area contributed by atoms with Crippen LogP contribution in [0, 0.1) is 0 Å². The van der Waals surface area contributed by atoms with Crippen LogP contribution in [0.2, 0.25) is 5.02 Å². The molecule has 0 atom stereocenters. The van der Waals surface area contributed by atoms with Crippen molar-refractivity contribution >= 4 is 28.2 Å². The van der Waals surface area contributed by atoms with Gasteiger partial charge < -0.3 is 19.9 Å². The molecular formula is C28H29ClN4O2. The van der Waals surface area contributed by atoms with E-state index in [0.29, 0.717) is 29.1 Å². The second kappa shape index (κ2) is 10.9.